The van der Waals surface area contributed by atoms with Gasteiger partial charge in [0.15, 0.2) is 0 Å². The molecule has 1 fully saturated rings. The summed E-state index contributed by atoms with van der Waals surface area (Å²) in [6.45, 7) is 1.68. The first-order chi connectivity index (χ1) is 9.31. The molecule has 1 aromatic rings. The summed E-state index contributed by atoms with van der Waals surface area (Å²) in [5.41, 5.74) is 1.01. The number of carbonyl (C=O) groups excluding carboxylic acids is 1. The van der Waals surface area contributed by atoms with E-state index in [1.165, 1.54) is 0 Å². The Kier molecular flexibility index (Phi) is 5.21. The molecule has 0 radical (unpaired) electrons. The number of likely N-dealkylation sites (tertiary alicyclic amines) is 1. The smallest absolute Gasteiger partial charge is 0.410 e. The molecule has 104 valence electrons. The van der Waals surface area contributed by atoms with Crippen LogP contribution in [0.5, 0.6) is 0 Å². The lowest BCUT2D eigenvalue weighted by Gasteiger charge is -2.34. The van der Waals surface area contributed by atoms with Crippen molar-refractivity contribution in [3.05, 3.63) is 35.9 Å². The number of amides is 1. The molecule has 0 N–H and O–H groups in total. The van der Waals surface area contributed by atoms with Gasteiger partial charge in [0.1, 0.15) is 6.61 Å². The largest absolute Gasteiger partial charge is 0.445 e. The summed E-state index contributed by atoms with van der Waals surface area (Å²) in [5.74, 6) is 0. The number of nitrogens with zero attached hydrogens (tertiary/aromatic N) is 1. The monoisotopic (exact) mass is 263 g/mol. The Hall–Kier alpha value is -1.55. The van der Waals surface area contributed by atoms with Crippen molar-refractivity contribution in [3.8, 4) is 0 Å². The Morgan fingerprint density at radius 1 is 1.32 bits per heavy atom. The molecule has 1 aliphatic rings. The molecular formula is C15H21NO3. The molecule has 19 heavy (non-hydrogen) atoms. The van der Waals surface area contributed by atoms with Crippen molar-refractivity contribution in [2.24, 2.45) is 0 Å². The van der Waals surface area contributed by atoms with E-state index in [1.54, 1.807) is 12.0 Å². The lowest BCUT2D eigenvalue weighted by Crippen LogP contribution is -2.46. The zero-order valence-electron chi connectivity index (χ0n) is 11.4. The van der Waals surface area contributed by atoms with Gasteiger partial charge in [-0.15, -0.1) is 0 Å². The molecule has 1 saturated heterocycles. The van der Waals surface area contributed by atoms with E-state index in [-0.39, 0.29) is 12.1 Å². The number of benzene rings is 1. The molecule has 2 rings (SSSR count). The van der Waals surface area contributed by atoms with Gasteiger partial charge in [-0.2, -0.15) is 0 Å². The molecule has 0 aliphatic carbocycles. The van der Waals surface area contributed by atoms with Gasteiger partial charge in [-0.3, -0.25) is 0 Å². The Balaban J connectivity index is 1.87. The highest BCUT2D eigenvalue weighted by Crippen LogP contribution is 2.18. The third-order valence-corrected chi connectivity index (χ3v) is 3.43. The van der Waals surface area contributed by atoms with Crippen molar-refractivity contribution in [2.75, 3.05) is 20.3 Å². The second-order valence-electron chi connectivity index (χ2n) is 4.84. The van der Waals surface area contributed by atoms with Crippen molar-refractivity contribution in [1.29, 1.82) is 0 Å². The maximum absolute atomic E-state index is 12.1. The summed E-state index contributed by atoms with van der Waals surface area (Å²) in [7, 11) is 1.67. The summed E-state index contributed by atoms with van der Waals surface area (Å²) in [5, 5.41) is 0. The number of hydrogen-bond donors (Lipinski definition) is 0. The minimum Gasteiger partial charge on any atom is -0.445 e. The molecule has 0 saturated carbocycles. The quantitative estimate of drug-likeness (QED) is 0.838. The number of piperidine rings is 1. The van der Waals surface area contributed by atoms with E-state index in [2.05, 4.69) is 0 Å². The predicted octanol–water partition coefficient (Wildman–Crippen LogP) is 2.82. The molecule has 4 nitrogen and oxygen atoms in total. The first-order valence-electron chi connectivity index (χ1n) is 6.77. The Labute approximate surface area is 114 Å². The van der Waals surface area contributed by atoms with Crippen LogP contribution in [-0.2, 0) is 16.1 Å². The van der Waals surface area contributed by atoms with E-state index < -0.39 is 0 Å². The fourth-order valence-electron chi connectivity index (χ4n) is 2.41. The fraction of sp³-hybridized carbons (Fsp3) is 0.533. The zero-order valence-corrected chi connectivity index (χ0v) is 11.4. The van der Waals surface area contributed by atoms with E-state index in [0.717, 1.165) is 31.4 Å². The van der Waals surface area contributed by atoms with Gasteiger partial charge in [-0.1, -0.05) is 30.3 Å². The van der Waals surface area contributed by atoms with E-state index in [1.807, 2.05) is 30.3 Å². The van der Waals surface area contributed by atoms with Crippen LogP contribution in [0.1, 0.15) is 24.8 Å². The lowest BCUT2D eigenvalue weighted by atomic mass is 10.0. The second kappa shape index (κ2) is 7.14. The van der Waals surface area contributed by atoms with Crippen LogP contribution in [0.25, 0.3) is 0 Å². The molecule has 1 heterocycles. The van der Waals surface area contributed by atoms with Crippen LogP contribution in [0.2, 0.25) is 0 Å². The van der Waals surface area contributed by atoms with Gasteiger partial charge in [0, 0.05) is 13.7 Å². The van der Waals surface area contributed by atoms with Crippen LogP contribution >= 0.6 is 0 Å². The third-order valence-electron chi connectivity index (χ3n) is 3.43. The SMILES string of the molecule is COC[C@@H]1CCCCN1C(=O)OCc1ccccc1. The van der Waals surface area contributed by atoms with Gasteiger partial charge in [0.05, 0.1) is 12.6 Å². The average molecular weight is 263 g/mol. The van der Waals surface area contributed by atoms with E-state index in [9.17, 15) is 4.79 Å². The molecule has 1 aromatic carbocycles. The lowest BCUT2D eigenvalue weighted by molar-refractivity contribution is 0.0395. The van der Waals surface area contributed by atoms with Crippen LogP contribution in [0.4, 0.5) is 4.79 Å². The highest BCUT2D eigenvalue weighted by atomic mass is 16.6. The molecule has 1 atom stereocenters. The molecule has 0 bridgehead atoms. The number of carbonyl (C=O) groups is 1. The van der Waals surface area contributed by atoms with Crippen LogP contribution < -0.4 is 0 Å². The van der Waals surface area contributed by atoms with Crippen LogP contribution in [0, 0.1) is 0 Å². The molecule has 4 heteroatoms. The standard InChI is InChI=1S/C15H21NO3/c1-18-12-14-9-5-6-10-16(14)15(17)19-11-13-7-3-2-4-8-13/h2-4,7-8,14H,5-6,9-12H2,1H3/t14-/m0/s1. The Bertz CT molecular complexity index is 392. The van der Waals surface area contributed by atoms with Gasteiger partial charge in [-0.25, -0.2) is 4.79 Å². The Morgan fingerprint density at radius 3 is 2.84 bits per heavy atom. The van der Waals surface area contributed by atoms with Crippen molar-refractivity contribution < 1.29 is 14.3 Å². The van der Waals surface area contributed by atoms with Crippen LogP contribution in [0.15, 0.2) is 30.3 Å². The molecular weight excluding hydrogens is 242 g/mol. The minimum atomic E-state index is -0.231. The second-order valence-corrected chi connectivity index (χ2v) is 4.84. The molecule has 0 spiro atoms. The van der Waals surface area contributed by atoms with Crippen molar-refractivity contribution in [1.82, 2.24) is 4.90 Å². The minimum absolute atomic E-state index is 0.155. The number of rotatable bonds is 4. The van der Waals surface area contributed by atoms with Crippen molar-refractivity contribution in [2.45, 2.75) is 31.9 Å². The molecule has 0 aromatic heterocycles. The van der Waals surface area contributed by atoms with Crippen LogP contribution in [-0.4, -0.2) is 37.3 Å². The fourth-order valence-corrected chi connectivity index (χ4v) is 2.41. The van der Waals surface area contributed by atoms with Gasteiger partial charge in [0.25, 0.3) is 0 Å². The topological polar surface area (TPSA) is 38.8 Å². The highest BCUT2D eigenvalue weighted by Gasteiger charge is 2.27. The van der Waals surface area contributed by atoms with Gasteiger partial charge < -0.3 is 14.4 Å². The first-order valence-corrected chi connectivity index (χ1v) is 6.77. The van der Waals surface area contributed by atoms with Gasteiger partial charge >= 0.3 is 6.09 Å². The van der Waals surface area contributed by atoms with Crippen molar-refractivity contribution in [3.63, 3.8) is 0 Å². The van der Waals surface area contributed by atoms with Crippen molar-refractivity contribution >= 4 is 6.09 Å². The van der Waals surface area contributed by atoms with E-state index in [0.29, 0.717) is 13.2 Å². The zero-order chi connectivity index (χ0) is 13.5. The average Bonchev–Trinajstić information content (AvgIpc) is 2.47. The maximum Gasteiger partial charge on any atom is 0.410 e. The number of ether oxygens (including phenoxy) is 2. The molecule has 1 amide bonds. The Morgan fingerprint density at radius 2 is 2.11 bits per heavy atom. The summed E-state index contributed by atoms with van der Waals surface area (Å²) in [4.78, 5) is 13.9. The first kappa shape index (κ1) is 13.9. The number of hydrogen-bond acceptors (Lipinski definition) is 3. The maximum atomic E-state index is 12.1. The van der Waals surface area contributed by atoms with Crippen LogP contribution in [0.3, 0.4) is 0 Å². The molecule has 1 aliphatic heterocycles. The summed E-state index contributed by atoms with van der Waals surface area (Å²) in [6, 6.07) is 9.90. The summed E-state index contributed by atoms with van der Waals surface area (Å²) >= 11 is 0. The third kappa shape index (κ3) is 3.96. The summed E-state index contributed by atoms with van der Waals surface area (Å²) < 4.78 is 10.6. The normalized spacial score (nSPS) is 19.2. The van der Waals surface area contributed by atoms with E-state index in [4.69, 9.17) is 9.47 Å². The van der Waals surface area contributed by atoms with Gasteiger partial charge in [0.2, 0.25) is 0 Å². The summed E-state index contributed by atoms with van der Waals surface area (Å²) in [6.07, 6.45) is 2.96. The molecule has 0 unspecified atom stereocenters. The number of methoxy groups -OCH3 is 1. The highest BCUT2D eigenvalue weighted by molar-refractivity contribution is 5.68. The predicted molar refractivity (Wildman–Crippen MR) is 72.8 cm³/mol. The van der Waals surface area contributed by atoms with E-state index >= 15 is 0 Å². The van der Waals surface area contributed by atoms with Gasteiger partial charge in [-0.05, 0) is 24.8 Å².